The van der Waals surface area contributed by atoms with Gasteiger partial charge in [-0.15, -0.1) is 11.8 Å². The molecule has 130 valence electrons. The van der Waals surface area contributed by atoms with Crippen LogP contribution in [-0.4, -0.2) is 33.4 Å². The number of benzene rings is 1. The standard InChI is InChI=1S/C19H26N2O2S/c1-12(2)14-5-7-15(8-6-14)13(3)20-18(23)16-11-24-19(4)10-9-17(22)21(16)19/h5-8,12-13,16H,9-11H2,1-4H3,(H,20,23)/t13-,16-,19-/m0/s1. The van der Waals surface area contributed by atoms with Gasteiger partial charge < -0.3 is 10.2 Å². The molecule has 3 rings (SSSR count). The summed E-state index contributed by atoms with van der Waals surface area (Å²) in [6, 6.07) is 7.99. The van der Waals surface area contributed by atoms with Crippen molar-refractivity contribution in [3.8, 4) is 0 Å². The number of fused-ring (bicyclic) bond motifs is 1. The van der Waals surface area contributed by atoms with Crippen LogP contribution in [0, 0.1) is 0 Å². The molecule has 2 saturated heterocycles. The monoisotopic (exact) mass is 346 g/mol. The van der Waals surface area contributed by atoms with E-state index in [1.54, 1.807) is 11.8 Å². The molecule has 24 heavy (non-hydrogen) atoms. The summed E-state index contributed by atoms with van der Waals surface area (Å²) < 4.78 is 0. The molecule has 0 spiro atoms. The van der Waals surface area contributed by atoms with Gasteiger partial charge in [0.05, 0.1) is 10.9 Å². The van der Waals surface area contributed by atoms with Gasteiger partial charge in [0, 0.05) is 12.2 Å². The normalized spacial score (nSPS) is 27.5. The van der Waals surface area contributed by atoms with Gasteiger partial charge >= 0.3 is 0 Å². The third-order valence-corrected chi connectivity index (χ3v) is 6.71. The number of thioether (sulfide) groups is 1. The van der Waals surface area contributed by atoms with E-state index < -0.39 is 0 Å². The summed E-state index contributed by atoms with van der Waals surface area (Å²) in [5.74, 6) is 1.25. The Balaban J connectivity index is 1.67. The summed E-state index contributed by atoms with van der Waals surface area (Å²) in [6.07, 6.45) is 1.39. The van der Waals surface area contributed by atoms with Gasteiger partial charge in [0.1, 0.15) is 6.04 Å². The number of hydrogen-bond donors (Lipinski definition) is 1. The maximum atomic E-state index is 12.7. The molecule has 2 amide bonds. The first kappa shape index (κ1) is 17.3. The summed E-state index contributed by atoms with van der Waals surface area (Å²) in [5, 5.41) is 3.09. The smallest absolute Gasteiger partial charge is 0.244 e. The minimum atomic E-state index is -0.340. The van der Waals surface area contributed by atoms with Crippen molar-refractivity contribution in [3.63, 3.8) is 0 Å². The van der Waals surface area contributed by atoms with E-state index in [-0.39, 0.29) is 28.8 Å². The van der Waals surface area contributed by atoms with Crippen molar-refractivity contribution >= 4 is 23.6 Å². The van der Waals surface area contributed by atoms with Crippen LogP contribution in [0.1, 0.15) is 63.6 Å². The van der Waals surface area contributed by atoms with Crippen molar-refractivity contribution in [2.24, 2.45) is 0 Å². The van der Waals surface area contributed by atoms with Crippen molar-refractivity contribution in [2.45, 2.75) is 63.4 Å². The molecule has 0 bridgehead atoms. The molecule has 0 aliphatic carbocycles. The van der Waals surface area contributed by atoms with Crippen molar-refractivity contribution in [1.82, 2.24) is 10.2 Å². The zero-order valence-corrected chi connectivity index (χ0v) is 15.7. The molecular formula is C19H26N2O2S. The van der Waals surface area contributed by atoms with Gasteiger partial charge in [-0.1, -0.05) is 38.1 Å². The van der Waals surface area contributed by atoms with Gasteiger partial charge in [0.15, 0.2) is 0 Å². The second kappa shape index (κ2) is 6.43. The zero-order chi connectivity index (χ0) is 17.5. The van der Waals surface area contributed by atoms with Crippen LogP contribution in [0.2, 0.25) is 0 Å². The predicted molar refractivity (Wildman–Crippen MR) is 97.8 cm³/mol. The summed E-state index contributed by atoms with van der Waals surface area (Å²) in [7, 11) is 0. The van der Waals surface area contributed by atoms with Crippen molar-refractivity contribution < 1.29 is 9.59 Å². The number of rotatable bonds is 4. The number of amides is 2. The molecule has 0 radical (unpaired) electrons. The van der Waals surface area contributed by atoms with Crippen molar-refractivity contribution in [3.05, 3.63) is 35.4 Å². The minimum absolute atomic E-state index is 0.0399. The fourth-order valence-electron chi connectivity index (χ4n) is 3.58. The molecule has 0 aromatic heterocycles. The SMILES string of the molecule is CC(C)c1ccc([C@H](C)NC(=O)[C@@H]2CS[C@@]3(C)CCC(=O)N23)cc1. The van der Waals surface area contributed by atoms with Crippen LogP contribution in [0.3, 0.4) is 0 Å². The van der Waals surface area contributed by atoms with E-state index in [1.807, 2.05) is 11.8 Å². The number of carbonyl (C=O) groups is 2. The van der Waals surface area contributed by atoms with Gasteiger partial charge in [0.25, 0.3) is 0 Å². The van der Waals surface area contributed by atoms with E-state index in [9.17, 15) is 9.59 Å². The second-order valence-corrected chi connectivity index (χ2v) is 8.82. The highest BCUT2D eigenvalue weighted by molar-refractivity contribution is 8.01. The first-order valence-corrected chi connectivity index (χ1v) is 9.67. The number of hydrogen-bond acceptors (Lipinski definition) is 3. The molecule has 2 heterocycles. The first-order chi connectivity index (χ1) is 11.3. The molecule has 5 heteroatoms. The van der Waals surface area contributed by atoms with E-state index in [0.717, 1.165) is 12.0 Å². The van der Waals surface area contributed by atoms with Gasteiger partial charge in [-0.05, 0) is 37.3 Å². The summed E-state index contributed by atoms with van der Waals surface area (Å²) in [4.78, 5) is 26.5. The predicted octanol–water partition coefficient (Wildman–Crippen LogP) is 3.44. The molecule has 2 aliphatic heterocycles. The lowest BCUT2D eigenvalue weighted by Gasteiger charge is -2.30. The van der Waals surface area contributed by atoms with Gasteiger partial charge in [-0.2, -0.15) is 0 Å². The fourth-order valence-corrected chi connectivity index (χ4v) is 5.01. The molecule has 1 N–H and O–H groups in total. The average Bonchev–Trinajstić information content (AvgIpc) is 3.04. The van der Waals surface area contributed by atoms with Crippen molar-refractivity contribution in [1.29, 1.82) is 0 Å². The minimum Gasteiger partial charge on any atom is -0.348 e. The van der Waals surface area contributed by atoms with Crippen LogP contribution >= 0.6 is 11.8 Å². The fraction of sp³-hybridized carbons (Fsp3) is 0.579. The summed E-state index contributed by atoms with van der Waals surface area (Å²) >= 11 is 1.73. The number of nitrogens with one attached hydrogen (secondary N) is 1. The maximum absolute atomic E-state index is 12.7. The number of nitrogens with zero attached hydrogens (tertiary/aromatic N) is 1. The lowest BCUT2D eigenvalue weighted by molar-refractivity contribution is -0.138. The van der Waals surface area contributed by atoms with Gasteiger partial charge in [0.2, 0.25) is 11.8 Å². The lowest BCUT2D eigenvalue weighted by Crippen LogP contribution is -2.50. The third-order valence-electron chi connectivity index (χ3n) is 5.21. The first-order valence-electron chi connectivity index (χ1n) is 8.68. The maximum Gasteiger partial charge on any atom is 0.244 e. The highest BCUT2D eigenvalue weighted by Gasteiger charge is 2.52. The molecule has 0 unspecified atom stereocenters. The Morgan fingerprint density at radius 1 is 1.25 bits per heavy atom. The Labute approximate surface area is 148 Å². The Hall–Kier alpha value is -1.49. The van der Waals surface area contributed by atoms with Crippen molar-refractivity contribution in [2.75, 3.05) is 5.75 Å². The Morgan fingerprint density at radius 3 is 2.50 bits per heavy atom. The molecule has 1 aromatic carbocycles. The molecule has 3 atom stereocenters. The Morgan fingerprint density at radius 2 is 1.88 bits per heavy atom. The van der Waals surface area contributed by atoms with E-state index in [2.05, 4.69) is 50.4 Å². The van der Waals surface area contributed by atoms with Gasteiger partial charge in [-0.25, -0.2) is 0 Å². The molecule has 2 aliphatic rings. The number of carbonyl (C=O) groups excluding carboxylic acids is 2. The highest BCUT2D eigenvalue weighted by Crippen LogP contribution is 2.47. The molecule has 1 aromatic rings. The Bertz CT molecular complexity index is 643. The lowest BCUT2D eigenvalue weighted by atomic mass is 9.99. The van der Waals surface area contributed by atoms with E-state index >= 15 is 0 Å². The summed E-state index contributed by atoms with van der Waals surface area (Å²) in [5.41, 5.74) is 2.39. The van der Waals surface area contributed by atoms with E-state index in [1.165, 1.54) is 5.56 Å². The van der Waals surface area contributed by atoms with E-state index in [0.29, 0.717) is 18.1 Å². The van der Waals surface area contributed by atoms with Crippen LogP contribution in [0.5, 0.6) is 0 Å². The highest BCUT2D eigenvalue weighted by atomic mass is 32.2. The molecular weight excluding hydrogens is 320 g/mol. The van der Waals surface area contributed by atoms with Crippen LogP contribution < -0.4 is 5.32 Å². The average molecular weight is 346 g/mol. The quantitative estimate of drug-likeness (QED) is 0.908. The van der Waals surface area contributed by atoms with Crippen LogP contribution in [0.15, 0.2) is 24.3 Å². The largest absolute Gasteiger partial charge is 0.348 e. The third kappa shape index (κ3) is 3.06. The summed E-state index contributed by atoms with van der Waals surface area (Å²) in [6.45, 7) is 8.41. The Kier molecular flexibility index (Phi) is 4.65. The molecule has 2 fully saturated rings. The molecule has 4 nitrogen and oxygen atoms in total. The second-order valence-electron chi connectivity index (χ2n) is 7.32. The van der Waals surface area contributed by atoms with Crippen LogP contribution in [0.25, 0.3) is 0 Å². The van der Waals surface area contributed by atoms with Crippen LogP contribution in [-0.2, 0) is 9.59 Å². The topological polar surface area (TPSA) is 49.4 Å². The molecule has 0 saturated carbocycles. The van der Waals surface area contributed by atoms with Crippen LogP contribution in [0.4, 0.5) is 0 Å². The van der Waals surface area contributed by atoms with E-state index in [4.69, 9.17) is 0 Å². The van der Waals surface area contributed by atoms with Gasteiger partial charge in [-0.3, -0.25) is 9.59 Å². The zero-order valence-electron chi connectivity index (χ0n) is 14.8.